The zero-order chi connectivity index (χ0) is 30.1. The van der Waals surface area contributed by atoms with Crippen molar-refractivity contribution in [1.82, 2.24) is 9.55 Å². The van der Waals surface area contributed by atoms with E-state index in [1.54, 1.807) is 0 Å². The Morgan fingerprint density at radius 1 is 0.955 bits per heavy atom. The number of rotatable bonds is 4. The molecular weight excluding hydrogens is 726 g/mol. The summed E-state index contributed by atoms with van der Waals surface area (Å²) in [5.74, 6) is 2.85. The van der Waals surface area contributed by atoms with Crippen LogP contribution in [0.3, 0.4) is 0 Å². The molecular formula is C38H39N3O2Pt. The first-order chi connectivity index (χ1) is 20.5. The molecule has 1 aliphatic heterocycles. The topological polar surface area (TPSA) is 48.6 Å². The Morgan fingerprint density at radius 3 is 2.55 bits per heavy atom. The summed E-state index contributed by atoms with van der Waals surface area (Å²) in [7, 11) is 0. The summed E-state index contributed by atoms with van der Waals surface area (Å²) in [5, 5.41) is 2.29. The fourth-order valence-corrected chi connectivity index (χ4v) is 6.66. The molecule has 2 aromatic heterocycles. The molecule has 0 bridgehead atoms. The molecule has 1 fully saturated rings. The summed E-state index contributed by atoms with van der Waals surface area (Å²) in [6, 6.07) is 24.3. The van der Waals surface area contributed by atoms with Gasteiger partial charge in [-0.1, -0.05) is 81.4 Å². The zero-order valence-corrected chi connectivity index (χ0v) is 28.8. The second-order valence-electron chi connectivity index (χ2n) is 13.7. The van der Waals surface area contributed by atoms with Gasteiger partial charge in [-0.2, -0.15) is 6.07 Å². The standard InChI is InChI=1S/C38H39N3O2.Pt/c1-23-11-14-31-30(18-23)28-13-12-27(21-32(28)41(31)35-20-26(15-17-39-35)37(4,5)6)42-33-22-29(24(2)19-25(33)3)36-40-38(7)16-9-8-10-34(38)43-36;/h11-15,17-20,34H,8-10,16H2,1-7H3;/q-2;+2/t34-,38+;/m0./s1. The SMILES string of the molecule is Cc1ccc2c(c1)c1ccc(Oc3[c-]c(C4=N[C@]5(C)CCCC[C@@H]5O4)c(C)cc3C)[c-]c1n2-c1cc(C(C)(C)C)ccn1.[Pt+2]. The summed E-state index contributed by atoms with van der Waals surface area (Å²) in [6.07, 6.45) is 6.54. The van der Waals surface area contributed by atoms with Crippen molar-refractivity contribution in [2.45, 2.75) is 91.2 Å². The van der Waals surface area contributed by atoms with Crippen LogP contribution in [-0.4, -0.2) is 27.1 Å². The zero-order valence-electron chi connectivity index (χ0n) is 26.6. The number of pyridine rings is 1. The Labute approximate surface area is 275 Å². The van der Waals surface area contributed by atoms with Crippen molar-refractivity contribution in [3.05, 3.63) is 94.7 Å². The van der Waals surface area contributed by atoms with Gasteiger partial charge < -0.3 is 14.0 Å². The van der Waals surface area contributed by atoms with E-state index in [1.165, 1.54) is 29.4 Å². The minimum atomic E-state index is -0.150. The summed E-state index contributed by atoms with van der Waals surface area (Å²) in [6.45, 7) is 15.2. The number of aryl methyl sites for hydroxylation is 3. The smallest absolute Gasteiger partial charge is 0.514 e. The Kier molecular flexibility index (Phi) is 7.77. The Hall–Kier alpha value is -3.43. The van der Waals surface area contributed by atoms with E-state index in [1.807, 2.05) is 12.3 Å². The molecule has 3 aromatic carbocycles. The van der Waals surface area contributed by atoms with Crippen LogP contribution in [0, 0.1) is 32.9 Å². The summed E-state index contributed by atoms with van der Waals surface area (Å²) in [5.41, 5.74) is 7.30. The molecule has 0 radical (unpaired) electrons. The third kappa shape index (κ3) is 5.28. The minimum absolute atomic E-state index is 0. The molecule has 5 nitrogen and oxygen atoms in total. The van der Waals surface area contributed by atoms with Crippen molar-refractivity contribution in [2.75, 3.05) is 0 Å². The average molecular weight is 765 g/mol. The van der Waals surface area contributed by atoms with Crippen molar-refractivity contribution < 1.29 is 30.5 Å². The van der Waals surface area contributed by atoms with Crippen molar-refractivity contribution in [3.8, 4) is 17.3 Å². The molecule has 0 amide bonds. The molecule has 0 saturated heterocycles. The Bertz CT molecular complexity index is 1930. The molecule has 6 heteroatoms. The number of fused-ring (bicyclic) bond motifs is 4. The van der Waals surface area contributed by atoms with Gasteiger partial charge in [-0.3, -0.25) is 4.99 Å². The van der Waals surface area contributed by atoms with Gasteiger partial charge in [0.2, 0.25) is 0 Å². The van der Waals surface area contributed by atoms with E-state index in [0.717, 1.165) is 51.8 Å². The molecule has 0 N–H and O–H groups in total. The third-order valence-corrected chi connectivity index (χ3v) is 9.20. The average Bonchev–Trinajstić information content (AvgIpc) is 3.48. The van der Waals surface area contributed by atoms with Crippen LogP contribution >= 0.6 is 0 Å². The maximum atomic E-state index is 6.55. The molecule has 1 saturated carbocycles. The fraction of sp³-hybridized carbons (Fsp3) is 0.368. The van der Waals surface area contributed by atoms with Crippen LogP contribution in [0.2, 0.25) is 0 Å². The van der Waals surface area contributed by atoms with E-state index in [-0.39, 0.29) is 38.1 Å². The number of aliphatic imine (C=N–C) groups is 1. The second kappa shape index (κ2) is 11.2. The maximum Gasteiger partial charge on any atom is 2.00 e. The maximum absolute atomic E-state index is 6.55. The van der Waals surface area contributed by atoms with Crippen LogP contribution in [-0.2, 0) is 31.2 Å². The van der Waals surface area contributed by atoms with Gasteiger partial charge >= 0.3 is 21.1 Å². The van der Waals surface area contributed by atoms with E-state index in [0.29, 0.717) is 17.4 Å². The van der Waals surface area contributed by atoms with E-state index in [2.05, 4.69) is 108 Å². The number of nitrogens with zero attached hydrogens (tertiary/aromatic N) is 3. The van der Waals surface area contributed by atoms with Crippen LogP contribution < -0.4 is 4.74 Å². The Morgan fingerprint density at radius 2 is 1.77 bits per heavy atom. The first kappa shape index (κ1) is 30.6. The number of ether oxygens (including phenoxy) is 2. The van der Waals surface area contributed by atoms with Crippen molar-refractivity contribution in [1.29, 1.82) is 0 Å². The molecule has 228 valence electrons. The van der Waals surface area contributed by atoms with E-state index in [9.17, 15) is 0 Å². The molecule has 0 unspecified atom stereocenters. The number of aromatic nitrogens is 2. The van der Waals surface area contributed by atoms with E-state index >= 15 is 0 Å². The normalized spacial score (nSPS) is 19.8. The molecule has 2 aliphatic rings. The van der Waals surface area contributed by atoms with Crippen molar-refractivity contribution >= 4 is 27.7 Å². The molecule has 0 spiro atoms. The molecule has 44 heavy (non-hydrogen) atoms. The second-order valence-corrected chi connectivity index (χ2v) is 13.7. The predicted molar refractivity (Wildman–Crippen MR) is 174 cm³/mol. The third-order valence-electron chi connectivity index (χ3n) is 9.20. The first-order valence-corrected chi connectivity index (χ1v) is 15.4. The number of benzene rings is 3. The van der Waals surface area contributed by atoms with Crippen molar-refractivity contribution in [3.63, 3.8) is 0 Å². The first-order valence-electron chi connectivity index (χ1n) is 15.4. The van der Waals surface area contributed by atoms with Gasteiger partial charge in [-0.25, -0.2) is 4.98 Å². The Balaban J connectivity index is 0.00000343. The predicted octanol–water partition coefficient (Wildman–Crippen LogP) is 9.27. The molecule has 3 heterocycles. The van der Waals surface area contributed by atoms with Crippen LogP contribution in [0.5, 0.6) is 11.5 Å². The van der Waals surface area contributed by atoms with Crippen LogP contribution in [0.1, 0.15) is 81.2 Å². The van der Waals surface area contributed by atoms with Crippen LogP contribution in [0.4, 0.5) is 0 Å². The number of hydrogen-bond acceptors (Lipinski definition) is 4. The van der Waals surface area contributed by atoms with Gasteiger partial charge in [0.05, 0.1) is 5.54 Å². The van der Waals surface area contributed by atoms with Gasteiger partial charge in [-0.15, -0.1) is 29.1 Å². The monoisotopic (exact) mass is 764 g/mol. The van der Waals surface area contributed by atoms with E-state index < -0.39 is 0 Å². The van der Waals surface area contributed by atoms with Crippen molar-refractivity contribution in [2.24, 2.45) is 4.99 Å². The summed E-state index contributed by atoms with van der Waals surface area (Å²) < 4.78 is 15.2. The molecule has 5 aromatic rings. The van der Waals surface area contributed by atoms with Crippen LogP contribution in [0.15, 0.2) is 59.7 Å². The minimum Gasteiger partial charge on any atom is -0.514 e. The molecule has 1 aliphatic carbocycles. The molecule has 7 rings (SSSR count). The van der Waals surface area contributed by atoms with Gasteiger partial charge in [0.25, 0.3) is 0 Å². The van der Waals surface area contributed by atoms with Crippen LogP contribution in [0.25, 0.3) is 27.6 Å². The summed E-state index contributed by atoms with van der Waals surface area (Å²) >= 11 is 0. The number of hydrogen-bond donors (Lipinski definition) is 0. The quantitative estimate of drug-likeness (QED) is 0.172. The van der Waals surface area contributed by atoms with Gasteiger partial charge in [0.1, 0.15) is 17.8 Å². The fourth-order valence-electron chi connectivity index (χ4n) is 6.66. The largest absolute Gasteiger partial charge is 2.00 e. The van der Waals surface area contributed by atoms with Gasteiger partial charge in [0, 0.05) is 23.2 Å². The van der Waals surface area contributed by atoms with Gasteiger partial charge in [0.15, 0.2) is 0 Å². The van der Waals surface area contributed by atoms with Gasteiger partial charge in [-0.05, 0) is 67.7 Å². The van der Waals surface area contributed by atoms with E-state index in [4.69, 9.17) is 19.5 Å². The molecule has 2 atom stereocenters. The summed E-state index contributed by atoms with van der Waals surface area (Å²) in [4.78, 5) is 9.90.